The zero-order chi connectivity index (χ0) is 13.6. The summed E-state index contributed by atoms with van der Waals surface area (Å²) < 4.78 is 5.48. The van der Waals surface area contributed by atoms with Gasteiger partial charge in [0.25, 0.3) is 0 Å². The van der Waals surface area contributed by atoms with Gasteiger partial charge >= 0.3 is 0 Å². The second-order valence-electron chi connectivity index (χ2n) is 5.74. The minimum Gasteiger partial charge on any atom is -0.381 e. The summed E-state index contributed by atoms with van der Waals surface area (Å²) in [5, 5.41) is 0. The molecule has 0 amide bonds. The molecule has 1 aromatic rings. The summed E-state index contributed by atoms with van der Waals surface area (Å²) in [6.45, 7) is 4.03. The van der Waals surface area contributed by atoms with E-state index in [1.165, 1.54) is 5.56 Å². The summed E-state index contributed by atoms with van der Waals surface area (Å²) >= 11 is 4.58. The van der Waals surface area contributed by atoms with Crippen LogP contribution in [-0.4, -0.2) is 44.0 Å². The molecular weight excluding hydrogens is 254 g/mol. The maximum Gasteiger partial charge on any atom is 0.0472 e. The van der Waals surface area contributed by atoms with Crippen LogP contribution in [0.3, 0.4) is 0 Å². The van der Waals surface area contributed by atoms with Crippen molar-refractivity contribution in [2.24, 2.45) is 5.41 Å². The van der Waals surface area contributed by atoms with E-state index in [9.17, 15) is 0 Å². The van der Waals surface area contributed by atoms with Gasteiger partial charge in [-0.3, -0.25) is 0 Å². The third kappa shape index (κ3) is 4.51. The van der Waals surface area contributed by atoms with Crippen LogP contribution in [0.4, 0.5) is 0 Å². The Balaban J connectivity index is 1.81. The van der Waals surface area contributed by atoms with Gasteiger partial charge in [0.1, 0.15) is 0 Å². The van der Waals surface area contributed by atoms with Gasteiger partial charge in [-0.2, -0.15) is 12.6 Å². The lowest BCUT2D eigenvalue weighted by atomic mass is 9.81. The second kappa shape index (κ2) is 7.32. The van der Waals surface area contributed by atoms with E-state index < -0.39 is 0 Å². The number of likely N-dealkylation sites (N-methyl/N-ethyl adjacent to an activating group) is 1. The molecule has 2 nitrogen and oxygen atoms in total. The molecule has 0 spiro atoms. The predicted molar refractivity (Wildman–Crippen MR) is 84.0 cm³/mol. The van der Waals surface area contributed by atoms with Crippen molar-refractivity contribution in [1.29, 1.82) is 0 Å². The van der Waals surface area contributed by atoms with Gasteiger partial charge in [-0.05, 0) is 43.0 Å². The van der Waals surface area contributed by atoms with Crippen molar-refractivity contribution < 1.29 is 4.74 Å². The van der Waals surface area contributed by atoms with Crippen molar-refractivity contribution in [1.82, 2.24) is 4.90 Å². The number of nitrogens with zero attached hydrogens (tertiary/aromatic N) is 1. The smallest absolute Gasteiger partial charge is 0.0472 e. The Labute approximate surface area is 122 Å². The molecule has 1 saturated heterocycles. The lowest BCUT2D eigenvalue weighted by Crippen LogP contribution is -2.42. The van der Waals surface area contributed by atoms with Crippen LogP contribution in [0.2, 0.25) is 0 Å². The SMILES string of the molecule is CN(CCc1ccccc1)CC1(CS)CCOCC1. The molecule has 106 valence electrons. The Morgan fingerprint density at radius 2 is 1.89 bits per heavy atom. The average Bonchev–Trinajstić information content (AvgIpc) is 2.47. The highest BCUT2D eigenvalue weighted by molar-refractivity contribution is 7.80. The summed E-state index contributed by atoms with van der Waals surface area (Å²) in [6, 6.07) is 10.7. The molecule has 1 fully saturated rings. The first-order chi connectivity index (χ1) is 9.24. The molecule has 3 heteroatoms. The average molecular weight is 279 g/mol. The van der Waals surface area contributed by atoms with Crippen LogP contribution >= 0.6 is 12.6 Å². The van der Waals surface area contributed by atoms with Gasteiger partial charge in [-0.1, -0.05) is 30.3 Å². The molecule has 1 aliphatic rings. The van der Waals surface area contributed by atoms with E-state index in [1.807, 2.05) is 0 Å². The molecule has 1 heterocycles. The Hall–Kier alpha value is -0.510. The van der Waals surface area contributed by atoms with E-state index in [0.29, 0.717) is 5.41 Å². The molecule has 0 bridgehead atoms. The minimum atomic E-state index is 0.354. The fraction of sp³-hybridized carbons (Fsp3) is 0.625. The van der Waals surface area contributed by atoms with E-state index in [1.54, 1.807) is 0 Å². The number of ether oxygens (including phenoxy) is 1. The van der Waals surface area contributed by atoms with Crippen LogP contribution in [-0.2, 0) is 11.2 Å². The van der Waals surface area contributed by atoms with Gasteiger partial charge in [-0.25, -0.2) is 0 Å². The van der Waals surface area contributed by atoms with Crippen molar-refractivity contribution in [2.45, 2.75) is 19.3 Å². The van der Waals surface area contributed by atoms with E-state index in [4.69, 9.17) is 4.74 Å². The summed E-state index contributed by atoms with van der Waals surface area (Å²) in [5.41, 5.74) is 1.77. The lowest BCUT2D eigenvalue weighted by Gasteiger charge is -2.39. The fourth-order valence-corrected chi connectivity index (χ4v) is 3.20. The summed E-state index contributed by atoms with van der Waals surface area (Å²) in [6.07, 6.45) is 3.41. The first kappa shape index (κ1) is 14.9. The molecule has 1 aromatic carbocycles. The molecular formula is C16H25NOS. The number of hydrogen-bond acceptors (Lipinski definition) is 3. The monoisotopic (exact) mass is 279 g/mol. The Kier molecular flexibility index (Phi) is 5.74. The third-order valence-corrected chi connectivity index (χ3v) is 4.79. The number of rotatable bonds is 6. The Morgan fingerprint density at radius 1 is 1.21 bits per heavy atom. The minimum absolute atomic E-state index is 0.354. The van der Waals surface area contributed by atoms with Crippen LogP contribution in [0.15, 0.2) is 30.3 Å². The Morgan fingerprint density at radius 3 is 2.53 bits per heavy atom. The molecule has 0 aromatic heterocycles. The molecule has 0 atom stereocenters. The van der Waals surface area contributed by atoms with Crippen molar-refractivity contribution in [3.63, 3.8) is 0 Å². The second-order valence-corrected chi connectivity index (χ2v) is 6.06. The van der Waals surface area contributed by atoms with E-state index in [2.05, 4.69) is 54.9 Å². The number of hydrogen-bond donors (Lipinski definition) is 1. The zero-order valence-corrected chi connectivity index (χ0v) is 12.7. The normalized spacial score (nSPS) is 18.7. The molecule has 0 N–H and O–H groups in total. The highest BCUT2D eigenvalue weighted by Gasteiger charge is 2.32. The molecule has 19 heavy (non-hydrogen) atoms. The quantitative estimate of drug-likeness (QED) is 0.804. The highest BCUT2D eigenvalue weighted by Crippen LogP contribution is 2.32. The number of benzene rings is 1. The van der Waals surface area contributed by atoms with Gasteiger partial charge in [-0.15, -0.1) is 0 Å². The third-order valence-electron chi connectivity index (χ3n) is 4.12. The molecule has 0 radical (unpaired) electrons. The topological polar surface area (TPSA) is 12.5 Å². The van der Waals surface area contributed by atoms with Crippen molar-refractivity contribution in [2.75, 3.05) is 39.1 Å². The van der Waals surface area contributed by atoms with Gasteiger partial charge in [0.05, 0.1) is 0 Å². The van der Waals surface area contributed by atoms with Crippen molar-refractivity contribution in [3.8, 4) is 0 Å². The fourth-order valence-electron chi connectivity index (χ4n) is 2.79. The first-order valence-electron chi connectivity index (χ1n) is 7.15. The molecule has 0 aliphatic carbocycles. The van der Waals surface area contributed by atoms with Gasteiger partial charge in [0.2, 0.25) is 0 Å². The molecule has 0 unspecified atom stereocenters. The maximum absolute atomic E-state index is 5.48. The van der Waals surface area contributed by atoms with Crippen molar-refractivity contribution in [3.05, 3.63) is 35.9 Å². The van der Waals surface area contributed by atoms with Gasteiger partial charge in [0, 0.05) is 26.3 Å². The molecule has 1 aliphatic heterocycles. The van der Waals surface area contributed by atoms with Crippen molar-refractivity contribution >= 4 is 12.6 Å². The Bertz CT molecular complexity index is 362. The van der Waals surface area contributed by atoms with Crippen LogP contribution in [0.1, 0.15) is 18.4 Å². The van der Waals surface area contributed by atoms with Crippen LogP contribution < -0.4 is 0 Å². The van der Waals surface area contributed by atoms with Gasteiger partial charge in [0.15, 0.2) is 0 Å². The van der Waals surface area contributed by atoms with E-state index in [0.717, 1.165) is 51.3 Å². The van der Waals surface area contributed by atoms with Gasteiger partial charge < -0.3 is 9.64 Å². The molecule has 2 rings (SSSR count). The lowest BCUT2D eigenvalue weighted by molar-refractivity contribution is 0.0117. The summed E-state index contributed by atoms with van der Waals surface area (Å²) in [7, 11) is 2.23. The standard InChI is InChI=1S/C16H25NOS/c1-17(10-7-15-5-3-2-4-6-15)13-16(14-19)8-11-18-12-9-16/h2-6,19H,7-14H2,1H3. The maximum atomic E-state index is 5.48. The predicted octanol–water partition coefficient (Wildman–Crippen LogP) is 2.89. The van der Waals surface area contributed by atoms with E-state index >= 15 is 0 Å². The zero-order valence-electron chi connectivity index (χ0n) is 11.8. The largest absolute Gasteiger partial charge is 0.381 e. The summed E-state index contributed by atoms with van der Waals surface area (Å²) in [4.78, 5) is 2.45. The first-order valence-corrected chi connectivity index (χ1v) is 7.78. The highest BCUT2D eigenvalue weighted by atomic mass is 32.1. The van der Waals surface area contributed by atoms with E-state index in [-0.39, 0.29) is 0 Å². The summed E-state index contributed by atoms with van der Waals surface area (Å²) in [5.74, 6) is 0.964. The van der Waals surface area contributed by atoms with Crippen LogP contribution in [0.5, 0.6) is 0 Å². The molecule has 0 saturated carbocycles. The van der Waals surface area contributed by atoms with Crippen LogP contribution in [0, 0.1) is 5.41 Å². The van der Waals surface area contributed by atoms with Crippen LogP contribution in [0.25, 0.3) is 0 Å². The number of thiol groups is 1.